The van der Waals surface area contributed by atoms with Crippen LogP contribution in [0.25, 0.3) is 0 Å². The van der Waals surface area contributed by atoms with Crippen LogP contribution in [0, 0.1) is 17.8 Å². The first-order valence-corrected chi connectivity index (χ1v) is 16.1. The summed E-state index contributed by atoms with van der Waals surface area (Å²) >= 11 is 0. The van der Waals surface area contributed by atoms with Crippen LogP contribution in [0.2, 0.25) is 0 Å². The Morgan fingerprint density at radius 2 is 1.36 bits per heavy atom. The number of aliphatic hydroxyl groups is 2. The Bertz CT molecular complexity index is 940. The van der Waals surface area contributed by atoms with Gasteiger partial charge < -0.3 is 24.8 Å². The highest BCUT2D eigenvalue weighted by Crippen LogP contribution is 2.38. The Labute approximate surface area is 230 Å². The molecule has 4 fully saturated rings. The lowest BCUT2D eigenvalue weighted by molar-refractivity contribution is -0.263. The summed E-state index contributed by atoms with van der Waals surface area (Å²) in [5.74, 6) is -3.73. The lowest BCUT2D eigenvalue weighted by Crippen LogP contribution is -2.44. The van der Waals surface area contributed by atoms with Gasteiger partial charge in [-0.1, -0.05) is 0 Å². The van der Waals surface area contributed by atoms with Gasteiger partial charge in [0, 0.05) is 12.3 Å². The summed E-state index contributed by atoms with van der Waals surface area (Å²) in [5, 5.41) is 37.1. The Hall–Kier alpha value is -1.31. The number of carbonyl (C=O) groups is 2. The molecule has 0 spiro atoms. The second-order valence-corrected chi connectivity index (χ2v) is 14.6. The van der Waals surface area contributed by atoms with Gasteiger partial charge in [-0.05, 0) is 83.5 Å². The zero-order chi connectivity index (χ0) is 28.2. The van der Waals surface area contributed by atoms with Crippen LogP contribution in [0.4, 0.5) is 0 Å². The SMILES string of the molecule is O=C(O)C1CC(O)CCC1C(=O)OC1CCCC(S(=O)(=O)C2CCCC(OC3CCC(O)CC3COO)C2)C1. The molecule has 224 valence electrons. The highest BCUT2D eigenvalue weighted by Gasteiger charge is 2.44. The highest BCUT2D eigenvalue weighted by atomic mass is 32.2. The highest BCUT2D eigenvalue weighted by molar-refractivity contribution is 7.92. The summed E-state index contributed by atoms with van der Waals surface area (Å²) in [5.41, 5.74) is 0. The number of hydrogen-bond donors (Lipinski definition) is 4. The molecule has 11 nitrogen and oxygen atoms in total. The Morgan fingerprint density at radius 3 is 2.03 bits per heavy atom. The number of aliphatic hydroxyl groups excluding tert-OH is 2. The molecule has 4 N–H and O–H groups in total. The smallest absolute Gasteiger partial charge is 0.310 e. The third kappa shape index (κ3) is 7.71. The molecule has 0 bridgehead atoms. The summed E-state index contributed by atoms with van der Waals surface area (Å²) < 4.78 is 39.5. The van der Waals surface area contributed by atoms with Gasteiger partial charge in [0.2, 0.25) is 0 Å². The molecule has 0 aromatic heterocycles. The maximum atomic E-state index is 13.7. The molecule has 10 unspecified atom stereocenters. The zero-order valence-electron chi connectivity index (χ0n) is 22.4. The van der Waals surface area contributed by atoms with Crippen LogP contribution in [0.1, 0.15) is 89.9 Å². The van der Waals surface area contributed by atoms with E-state index in [1.54, 1.807) is 0 Å². The van der Waals surface area contributed by atoms with Crippen molar-refractivity contribution in [3.05, 3.63) is 0 Å². The van der Waals surface area contributed by atoms with Crippen molar-refractivity contribution < 1.29 is 52.9 Å². The molecule has 4 rings (SSSR count). The molecule has 0 saturated heterocycles. The molecule has 12 heteroatoms. The number of carbonyl (C=O) groups excluding carboxylic acids is 1. The third-order valence-corrected chi connectivity index (χ3v) is 12.1. The molecular formula is C27H44O11S. The standard InChI is InChI=1S/C27H44O11S/c28-17-8-10-25(16(11-17)15-36-33)37-19-3-1-5-21(13-19)39(34,35)22-6-2-4-20(14-22)38-27(32)23-9-7-18(29)12-24(23)26(30)31/h16-25,28-29,33H,1-15H2,(H,30,31). The molecule has 0 amide bonds. The first kappa shape index (κ1) is 30.6. The number of aliphatic carboxylic acids is 1. The maximum absolute atomic E-state index is 13.7. The molecule has 0 aliphatic heterocycles. The van der Waals surface area contributed by atoms with Crippen molar-refractivity contribution >= 4 is 21.8 Å². The van der Waals surface area contributed by atoms with Crippen LogP contribution in [-0.4, -0.2) is 88.6 Å². The molecule has 39 heavy (non-hydrogen) atoms. The minimum atomic E-state index is -3.52. The molecule has 0 aromatic carbocycles. The van der Waals surface area contributed by atoms with E-state index in [1.165, 1.54) is 0 Å². The summed E-state index contributed by atoms with van der Waals surface area (Å²) in [7, 11) is -3.52. The quantitative estimate of drug-likeness (QED) is 0.180. The van der Waals surface area contributed by atoms with E-state index in [4.69, 9.17) is 14.7 Å². The van der Waals surface area contributed by atoms with Crippen LogP contribution >= 0.6 is 0 Å². The van der Waals surface area contributed by atoms with Gasteiger partial charge in [0.15, 0.2) is 9.84 Å². The topological polar surface area (TPSA) is 177 Å². The van der Waals surface area contributed by atoms with Gasteiger partial charge in [-0.3, -0.25) is 14.8 Å². The third-order valence-electron chi connectivity index (χ3n) is 9.35. The van der Waals surface area contributed by atoms with E-state index in [9.17, 15) is 33.3 Å². The summed E-state index contributed by atoms with van der Waals surface area (Å²) in [6, 6.07) is 0. The monoisotopic (exact) mass is 576 g/mol. The van der Waals surface area contributed by atoms with Crippen molar-refractivity contribution in [2.45, 2.75) is 131 Å². The van der Waals surface area contributed by atoms with E-state index < -0.39 is 62.4 Å². The second-order valence-electron chi connectivity index (χ2n) is 12.1. The largest absolute Gasteiger partial charge is 0.481 e. The first-order valence-electron chi connectivity index (χ1n) is 14.5. The number of carboxylic acid groups (broad SMARTS) is 1. The van der Waals surface area contributed by atoms with Crippen LogP contribution < -0.4 is 0 Å². The van der Waals surface area contributed by atoms with Gasteiger partial charge in [-0.15, -0.1) is 0 Å². The van der Waals surface area contributed by atoms with Crippen molar-refractivity contribution in [3.8, 4) is 0 Å². The van der Waals surface area contributed by atoms with Crippen molar-refractivity contribution in [2.75, 3.05) is 6.61 Å². The van der Waals surface area contributed by atoms with E-state index in [0.717, 1.165) is 12.8 Å². The van der Waals surface area contributed by atoms with E-state index >= 15 is 0 Å². The van der Waals surface area contributed by atoms with Crippen molar-refractivity contribution in [3.63, 3.8) is 0 Å². The number of hydrogen-bond acceptors (Lipinski definition) is 10. The van der Waals surface area contributed by atoms with Crippen LogP contribution in [0.15, 0.2) is 0 Å². The zero-order valence-corrected chi connectivity index (χ0v) is 23.3. The Balaban J connectivity index is 1.34. The number of carboxylic acids is 1. The Kier molecular flexibility index (Phi) is 10.7. The normalized spacial score (nSPS) is 40.1. The lowest BCUT2D eigenvalue weighted by atomic mass is 9.78. The van der Waals surface area contributed by atoms with Crippen molar-refractivity contribution in [2.24, 2.45) is 17.8 Å². The van der Waals surface area contributed by atoms with Gasteiger partial charge >= 0.3 is 11.9 Å². The fraction of sp³-hybridized carbons (Fsp3) is 0.926. The van der Waals surface area contributed by atoms with Gasteiger partial charge in [0.1, 0.15) is 6.10 Å². The second kappa shape index (κ2) is 13.6. The minimum absolute atomic E-state index is 0.0108. The van der Waals surface area contributed by atoms with Gasteiger partial charge in [-0.25, -0.2) is 13.3 Å². The number of esters is 1. The predicted octanol–water partition coefficient (Wildman–Crippen LogP) is 2.46. The van der Waals surface area contributed by atoms with Crippen LogP contribution in [0.3, 0.4) is 0 Å². The average Bonchev–Trinajstić information content (AvgIpc) is 2.90. The average molecular weight is 577 g/mol. The fourth-order valence-corrected chi connectivity index (χ4v) is 9.67. The van der Waals surface area contributed by atoms with Gasteiger partial charge in [-0.2, -0.15) is 0 Å². The molecule has 0 heterocycles. The van der Waals surface area contributed by atoms with Gasteiger partial charge in [0.25, 0.3) is 0 Å². The maximum Gasteiger partial charge on any atom is 0.310 e. The first-order chi connectivity index (χ1) is 18.6. The van der Waals surface area contributed by atoms with Crippen LogP contribution in [-0.2, 0) is 33.8 Å². The molecule has 4 aliphatic rings. The summed E-state index contributed by atoms with van der Waals surface area (Å²) in [6.45, 7) is 0.0625. The number of ether oxygens (including phenoxy) is 2. The molecule has 0 radical (unpaired) electrons. The minimum Gasteiger partial charge on any atom is -0.481 e. The van der Waals surface area contributed by atoms with E-state index in [1.807, 2.05) is 0 Å². The summed E-state index contributed by atoms with van der Waals surface area (Å²) in [4.78, 5) is 28.9. The molecular weight excluding hydrogens is 532 g/mol. The molecule has 4 aliphatic carbocycles. The van der Waals surface area contributed by atoms with E-state index in [-0.39, 0.29) is 44.0 Å². The predicted molar refractivity (Wildman–Crippen MR) is 138 cm³/mol. The fourth-order valence-electron chi connectivity index (χ4n) is 7.17. The van der Waals surface area contributed by atoms with Crippen LogP contribution in [0.5, 0.6) is 0 Å². The summed E-state index contributed by atoms with van der Waals surface area (Å²) in [6.07, 6.45) is 4.34. The number of rotatable bonds is 9. The van der Waals surface area contributed by atoms with Crippen molar-refractivity contribution in [1.82, 2.24) is 0 Å². The molecule has 10 atom stereocenters. The number of sulfone groups is 1. The van der Waals surface area contributed by atoms with Crippen molar-refractivity contribution in [1.29, 1.82) is 0 Å². The lowest BCUT2D eigenvalue weighted by Gasteiger charge is -2.39. The molecule has 4 saturated carbocycles. The van der Waals surface area contributed by atoms with E-state index in [0.29, 0.717) is 57.8 Å². The van der Waals surface area contributed by atoms with E-state index in [2.05, 4.69) is 4.89 Å². The Morgan fingerprint density at radius 1 is 0.744 bits per heavy atom. The van der Waals surface area contributed by atoms with Gasteiger partial charge in [0.05, 0.1) is 53.4 Å². The molecule has 0 aromatic rings.